The molecule has 2 saturated heterocycles. The number of hydrogen-bond donors (Lipinski definition) is 0. The first-order chi connectivity index (χ1) is 19.5. The Hall–Kier alpha value is -3.84. The average Bonchev–Trinajstić information content (AvgIpc) is 3.55. The molecule has 2 fully saturated rings. The summed E-state index contributed by atoms with van der Waals surface area (Å²) in [5.41, 5.74) is 4.80. The standard InChI is InChI=1S/C32H32ClN5O2/c33-26-5-1-4-24-21-38(31(40)29(24)26)27-6-2-3-23-9-16-37(30(23)27)22-28(39)36-19-12-32(13-20-36)10-17-35(18-11-32)25-7-14-34-15-8-25/h1-9,14-16H,10-13,17-22H2. The summed E-state index contributed by atoms with van der Waals surface area (Å²) in [4.78, 5) is 37.3. The van der Waals surface area contributed by atoms with Crippen LogP contribution in [0.4, 0.5) is 11.4 Å². The van der Waals surface area contributed by atoms with Crippen LogP contribution in [0.5, 0.6) is 0 Å². The minimum Gasteiger partial charge on any atom is -0.371 e. The van der Waals surface area contributed by atoms with Gasteiger partial charge in [0.15, 0.2) is 0 Å². The molecular weight excluding hydrogens is 522 g/mol. The highest BCUT2D eigenvalue weighted by Gasteiger charge is 2.39. The van der Waals surface area contributed by atoms with Crippen LogP contribution >= 0.6 is 11.6 Å². The summed E-state index contributed by atoms with van der Waals surface area (Å²) in [5.74, 6) is 0.0407. The van der Waals surface area contributed by atoms with Crippen molar-refractivity contribution in [2.45, 2.75) is 38.8 Å². The van der Waals surface area contributed by atoms with Gasteiger partial charge in [0, 0.05) is 55.8 Å². The number of nitrogens with zero attached hydrogens (tertiary/aromatic N) is 5. The normalized spacial score (nSPS) is 18.5. The minimum atomic E-state index is -0.0940. The van der Waals surface area contributed by atoms with Gasteiger partial charge in [0.2, 0.25) is 5.91 Å². The monoisotopic (exact) mass is 553 g/mol. The number of anilines is 2. The van der Waals surface area contributed by atoms with Crippen molar-refractivity contribution in [1.29, 1.82) is 0 Å². The highest BCUT2D eigenvalue weighted by molar-refractivity contribution is 6.35. The Morgan fingerprint density at radius 3 is 2.38 bits per heavy atom. The van der Waals surface area contributed by atoms with Gasteiger partial charge in [-0.1, -0.05) is 35.9 Å². The van der Waals surface area contributed by atoms with Crippen molar-refractivity contribution in [3.63, 3.8) is 0 Å². The first kappa shape index (κ1) is 25.1. The lowest BCUT2D eigenvalue weighted by molar-refractivity contribution is -0.134. The summed E-state index contributed by atoms with van der Waals surface area (Å²) >= 11 is 6.38. The predicted octanol–water partition coefficient (Wildman–Crippen LogP) is 5.76. The Balaban J connectivity index is 1.04. The van der Waals surface area contributed by atoms with Crippen LogP contribution in [0.1, 0.15) is 41.6 Å². The van der Waals surface area contributed by atoms with Gasteiger partial charge in [0.25, 0.3) is 5.91 Å². The Labute approximate surface area is 238 Å². The van der Waals surface area contributed by atoms with E-state index < -0.39 is 0 Å². The third-order valence-corrected chi connectivity index (χ3v) is 9.59. The molecule has 0 bridgehead atoms. The summed E-state index contributed by atoms with van der Waals surface area (Å²) in [7, 11) is 0. The van der Waals surface area contributed by atoms with Crippen LogP contribution in [0.25, 0.3) is 10.9 Å². The van der Waals surface area contributed by atoms with Crippen LogP contribution in [-0.2, 0) is 17.9 Å². The molecule has 204 valence electrons. The maximum Gasteiger partial charge on any atom is 0.260 e. The van der Waals surface area contributed by atoms with Gasteiger partial charge in [-0.05, 0) is 67.0 Å². The number of para-hydroxylation sites is 1. The van der Waals surface area contributed by atoms with Gasteiger partial charge < -0.3 is 19.3 Å². The number of likely N-dealkylation sites (tertiary alicyclic amines) is 1. The van der Waals surface area contributed by atoms with Crippen LogP contribution in [0.15, 0.2) is 73.2 Å². The second-order valence-corrected chi connectivity index (χ2v) is 11.8. The Bertz CT molecular complexity index is 1580. The molecule has 2 aromatic carbocycles. The fraction of sp³-hybridized carbons (Fsp3) is 0.344. The number of aromatic nitrogens is 2. The van der Waals surface area contributed by atoms with Gasteiger partial charge in [-0.15, -0.1) is 0 Å². The van der Waals surface area contributed by atoms with Crippen molar-refractivity contribution in [2.24, 2.45) is 5.41 Å². The molecule has 2 aromatic heterocycles. The minimum absolute atomic E-state index is 0.0940. The molecule has 7 rings (SSSR count). The molecule has 1 spiro atoms. The molecule has 0 aliphatic carbocycles. The molecule has 0 N–H and O–H groups in total. The highest BCUT2D eigenvalue weighted by atomic mass is 35.5. The molecule has 0 radical (unpaired) electrons. The number of halogens is 1. The van der Waals surface area contributed by atoms with Crippen molar-refractivity contribution in [3.05, 3.63) is 89.3 Å². The smallest absolute Gasteiger partial charge is 0.260 e. The van der Waals surface area contributed by atoms with E-state index in [1.165, 1.54) is 18.5 Å². The van der Waals surface area contributed by atoms with Crippen LogP contribution in [0, 0.1) is 5.41 Å². The highest BCUT2D eigenvalue weighted by Crippen LogP contribution is 2.42. The molecule has 2 amide bonds. The van der Waals surface area contributed by atoms with E-state index in [1.807, 2.05) is 64.5 Å². The molecule has 7 nitrogen and oxygen atoms in total. The van der Waals surface area contributed by atoms with Crippen molar-refractivity contribution in [3.8, 4) is 0 Å². The summed E-state index contributed by atoms with van der Waals surface area (Å²) < 4.78 is 2.00. The van der Waals surface area contributed by atoms with E-state index in [0.29, 0.717) is 22.5 Å². The van der Waals surface area contributed by atoms with Gasteiger partial charge in [-0.25, -0.2) is 0 Å². The van der Waals surface area contributed by atoms with Crippen LogP contribution in [0.2, 0.25) is 5.02 Å². The number of fused-ring (bicyclic) bond motifs is 2. The second-order valence-electron chi connectivity index (χ2n) is 11.4. The first-order valence-corrected chi connectivity index (χ1v) is 14.5. The maximum atomic E-state index is 13.5. The number of amides is 2. The van der Waals surface area contributed by atoms with Crippen molar-refractivity contribution >= 4 is 45.7 Å². The summed E-state index contributed by atoms with van der Waals surface area (Å²) in [6.07, 6.45) is 10.1. The Kier molecular flexibility index (Phi) is 6.27. The van der Waals surface area contributed by atoms with Crippen molar-refractivity contribution in [1.82, 2.24) is 14.5 Å². The van der Waals surface area contributed by atoms with E-state index in [2.05, 4.69) is 22.0 Å². The lowest BCUT2D eigenvalue weighted by Gasteiger charge is -2.47. The number of piperidine rings is 2. The fourth-order valence-corrected chi connectivity index (χ4v) is 7.15. The van der Waals surface area contributed by atoms with Gasteiger partial charge in [-0.2, -0.15) is 0 Å². The predicted molar refractivity (Wildman–Crippen MR) is 158 cm³/mol. The fourth-order valence-electron chi connectivity index (χ4n) is 6.87. The van der Waals surface area contributed by atoms with E-state index in [-0.39, 0.29) is 18.4 Å². The zero-order valence-electron chi connectivity index (χ0n) is 22.4. The van der Waals surface area contributed by atoms with E-state index in [1.54, 1.807) is 11.0 Å². The van der Waals surface area contributed by atoms with Gasteiger partial charge >= 0.3 is 0 Å². The van der Waals surface area contributed by atoms with E-state index >= 15 is 0 Å². The van der Waals surface area contributed by atoms with E-state index in [9.17, 15) is 9.59 Å². The molecule has 3 aliphatic rings. The summed E-state index contributed by atoms with van der Waals surface area (Å²) in [5, 5.41) is 1.49. The molecule has 8 heteroatoms. The van der Waals surface area contributed by atoms with Crippen molar-refractivity contribution in [2.75, 3.05) is 36.0 Å². The lowest BCUT2D eigenvalue weighted by Crippen LogP contribution is -2.48. The molecule has 0 saturated carbocycles. The zero-order chi connectivity index (χ0) is 27.3. The van der Waals surface area contributed by atoms with Crippen molar-refractivity contribution < 1.29 is 9.59 Å². The van der Waals surface area contributed by atoms with Gasteiger partial charge in [-0.3, -0.25) is 14.6 Å². The summed E-state index contributed by atoms with van der Waals surface area (Å²) in [6, 6.07) is 17.7. The molecule has 40 heavy (non-hydrogen) atoms. The zero-order valence-corrected chi connectivity index (χ0v) is 23.2. The molecule has 0 unspecified atom stereocenters. The topological polar surface area (TPSA) is 61.7 Å². The number of rotatable bonds is 4. The number of carbonyl (C=O) groups is 2. The largest absolute Gasteiger partial charge is 0.371 e. The van der Waals surface area contributed by atoms with E-state index in [4.69, 9.17) is 11.6 Å². The van der Waals surface area contributed by atoms with Crippen LogP contribution in [0.3, 0.4) is 0 Å². The van der Waals surface area contributed by atoms with E-state index in [0.717, 1.165) is 61.2 Å². The number of hydrogen-bond acceptors (Lipinski definition) is 4. The maximum absolute atomic E-state index is 13.5. The van der Waals surface area contributed by atoms with Gasteiger partial charge in [0.1, 0.15) is 6.54 Å². The molecular formula is C32H32ClN5O2. The third-order valence-electron chi connectivity index (χ3n) is 9.28. The SMILES string of the molecule is O=C(Cn1ccc2cccc(N3Cc4cccc(Cl)c4C3=O)c21)N1CCC2(CC1)CCN(c1ccncc1)CC2. The van der Waals surface area contributed by atoms with Crippen LogP contribution < -0.4 is 9.80 Å². The molecule has 4 aromatic rings. The number of benzene rings is 2. The third kappa shape index (κ3) is 4.33. The number of carbonyl (C=O) groups excluding carboxylic acids is 2. The Morgan fingerprint density at radius 1 is 0.900 bits per heavy atom. The lowest BCUT2D eigenvalue weighted by atomic mass is 9.71. The average molecular weight is 554 g/mol. The molecule has 3 aliphatic heterocycles. The first-order valence-electron chi connectivity index (χ1n) is 14.1. The summed E-state index contributed by atoms with van der Waals surface area (Å²) in [6.45, 7) is 4.46. The Morgan fingerprint density at radius 2 is 1.62 bits per heavy atom. The quantitative estimate of drug-likeness (QED) is 0.322. The van der Waals surface area contributed by atoms with Gasteiger partial charge in [0.05, 0.1) is 28.3 Å². The number of pyridine rings is 1. The second kappa shape index (κ2) is 9.97. The molecule has 0 atom stereocenters. The van der Waals surface area contributed by atoms with Crippen LogP contribution in [-0.4, -0.2) is 52.4 Å². The molecule has 5 heterocycles.